The van der Waals surface area contributed by atoms with Gasteiger partial charge in [-0.1, -0.05) is 0 Å². The molecule has 0 saturated carbocycles. The van der Waals surface area contributed by atoms with Crippen LogP contribution in [0.4, 0.5) is 0 Å². The summed E-state index contributed by atoms with van der Waals surface area (Å²) < 4.78 is 0. The normalized spacial score (nSPS) is 22.8. The Bertz CT molecular complexity index is 294. The van der Waals surface area contributed by atoms with Crippen LogP contribution in [0.5, 0.6) is 0 Å². The van der Waals surface area contributed by atoms with Gasteiger partial charge in [-0.25, -0.2) is 0 Å². The van der Waals surface area contributed by atoms with Gasteiger partial charge in [-0.2, -0.15) is 0 Å². The van der Waals surface area contributed by atoms with Crippen molar-refractivity contribution in [2.75, 3.05) is 0 Å². The number of hydrogen-bond acceptors (Lipinski definition) is 2. The number of hydrazine groups is 1. The van der Waals surface area contributed by atoms with E-state index in [9.17, 15) is 0 Å². The van der Waals surface area contributed by atoms with E-state index in [4.69, 9.17) is 18.0 Å². The van der Waals surface area contributed by atoms with Crippen LogP contribution in [0.1, 0.15) is 34.1 Å². The van der Waals surface area contributed by atoms with Gasteiger partial charge in [0.2, 0.25) is 0 Å². The molecule has 1 aliphatic rings. The Labute approximate surface area is 96.6 Å². The molecule has 1 rings (SSSR count). The molecule has 86 valence electrons. The van der Waals surface area contributed by atoms with Crippen LogP contribution >= 0.6 is 12.2 Å². The molecule has 0 aliphatic carbocycles. The summed E-state index contributed by atoms with van der Waals surface area (Å²) in [5, 5.41) is 2.63. The minimum absolute atomic E-state index is 0.0992. The Morgan fingerprint density at radius 1 is 1.47 bits per heavy atom. The summed E-state index contributed by atoms with van der Waals surface area (Å²) in [6.07, 6.45) is 3.16. The molecule has 1 aliphatic heterocycles. The van der Waals surface area contributed by atoms with E-state index in [0.717, 1.165) is 12.1 Å². The zero-order valence-electron chi connectivity index (χ0n) is 9.85. The van der Waals surface area contributed by atoms with E-state index in [-0.39, 0.29) is 16.2 Å². The second-order valence-corrected chi connectivity index (χ2v) is 5.85. The van der Waals surface area contributed by atoms with Gasteiger partial charge in [0.25, 0.3) is 0 Å². The Morgan fingerprint density at radius 2 is 2.07 bits per heavy atom. The number of hydrogen-bond donors (Lipinski definition) is 4. The molecule has 0 fully saturated rings. The molecule has 0 aromatic carbocycles. The molecule has 1 heterocycles. The summed E-state index contributed by atoms with van der Waals surface area (Å²) in [6, 6.07) is 0. The van der Waals surface area contributed by atoms with Crippen LogP contribution in [0, 0.1) is 0 Å². The van der Waals surface area contributed by atoms with Gasteiger partial charge in [0.15, 0.2) is 5.11 Å². The smallest absolute Gasteiger partial charge is 0.182 e. The van der Waals surface area contributed by atoms with Gasteiger partial charge in [0, 0.05) is 12.1 Å². The summed E-state index contributed by atoms with van der Waals surface area (Å²) in [4.78, 5) is 0. The lowest BCUT2D eigenvalue weighted by Gasteiger charge is -2.37. The zero-order valence-corrected chi connectivity index (χ0v) is 10.7. The molecule has 15 heavy (non-hydrogen) atoms. The minimum atomic E-state index is 0.0992. The minimum Gasteiger partial charge on any atom is -0.375 e. The van der Waals surface area contributed by atoms with E-state index < -0.39 is 0 Å². The summed E-state index contributed by atoms with van der Waals surface area (Å²) in [6.45, 7) is 8.83. The van der Waals surface area contributed by atoms with E-state index in [2.05, 4.69) is 49.9 Å². The number of nitrogens with two attached hydrogens (primary N) is 2. The van der Waals surface area contributed by atoms with Crippen LogP contribution in [0.15, 0.2) is 11.8 Å². The van der Waals surface area contributed by atoms with E-state index in [0.29, 0.717) is 0 Å². The van der Waals surface area contributed by atoms with Crippen molar-refractivity contribution in [2.24, 2.45) is 5.73 Å². The van der Waals surface area contributed by atoms with Gasteiger partial charge >= 0.3 is 0 Å². The average molecular weight is 229 g/mol. The lowest BCUT2D eigenvalue weighted by molar-refractivity contribution is -0.771. The van der Waals surface area contributed by atoms with Crippen molar-refractivity contribution in [1.82, 2.24) is 10.9 Å². The Kier molecular flexibility index (Phi) is 3.25. The second-order valence-electron chi connectivity index (χ2n) is 5.41. The van der Waals surface area contributed by atoms with Gasteiger partial charge in [-0.05, 0) is 46.0 Å². The summed E-state index contributed by atoms with van der Waals surface area (Å²) in [5.74, 6) is 0. The van der Waals surface area contributed by atoms with Crippen molar-refractivity contribution in [2.45, 2.75) is 45.2 Å². The van der Waals surface area contributed by atoms with E-state index >= 15 is 0 Å². The van der Waals surface area contributed by atoms with Crippen LogP contribution in [0.25, 0.3) is 0 Å². The first kappa shape index (κ1) is 12.3. The van der Waals surface area contributed by atoms with Crippen LogP contribution < -0.4 is 21.9 Å². The molecule has 0 aromatic heterocycles. The molecule has 0 saturated heterocycles. The Hall–Kier alpha value is -0.810. The molecular weight excluding hydrogens is 208 g/mol. The number of rotatable bonds is 2. The first-order valence-electron chi connectivity index (χ1n) is 5.10. The SMILES string of the molecule is CC1(C)C=C(NNC(N)=S)CC(C)(C)[NH2+]1. The molecule has 0 unspecified atom stereocenters. The molecular formula is C10H21N4S+. The first-order valence-corrected chi connectivity index (χ1v) is 5.51. The van der Waals surface area contributed by atoms with Gasteiger partial charge in [-0.15, -0.1) is 0 Å². The van der Waals surface area contributed by atoms with Crippen molar-refractivity contribution in [1.29, 1.82) is 0 Å². The fourth-order valence-corrected chi connectivity index (χ4v) is 2.36. The fraction of sp³-hybridized carbons (Fsp3) is 0.700. The first-order chi connectivity index (χ1) is 6.70. The highest BCUT2D eigenvalue weighted by Crippen LogP contribution is 2.18. The monoisotopic (exact) mass is 229 g/mol. The number of quaternary nitrogens is 1. The van der Waals surface area contributed by atoms with Gasteiger partial charge in [0.1, 0.15) is 5.54 Å². The third kappa shape index (κ3) is 4.05. The third-order valence-corrected chi connectivity index (χ3v) is 2.40. The zero-order chi connectivity index (χ0) is 11.7. The third-order valence-electron chi connectivity index (χ3n) is 2.30. The summed E-state index contributed by atoms with van der Waals surface area (Å²) in [7, 11) is 0. The highest BCUT2D eigenvalue weighted by atomic mass is 32.1. The molecule has 5 heteroatoms. The topological polar surface area (TPSA) is 66.7 Å². The highest BCUT2D eigenvalue weighted by Gasteiger charge is 2.36. The Morgan fingerprint density at radius 3 is 2.53 bits per heavy atom. The van der Waals surface area contributed by atoms with Crippen molar-refractivity contribution < 1.29 is 5.32 Å². The number of nitrogens with one attached hydrogen (secondary N) is 2. The fourth-order valence-electron chi connectivity index (χ4n) is 2.31. The van der Waals surface area contributed by atoms with Gasteiger partial charge < -0.3 is 16.5 Å². The Balaban J connectivity index is 2.71. The molecule has 6 N–H and O–H groups in total. The molecule has 4 nitrogen and oxygen atoms in total. The van der Waals surface area contributed by atoms with Gasteiger partial charge in [0.05, 0.1) is 5.54 Å². The van der Waals surface area contributed by atoms with E-state index in [1.54, 1.807) is 0 Å². The van der Waals surface area contributed by atoms with Crippen molar-refractivity contribution in [3.63, 3.8) is 0 Å². The maximum Gasteiger partial charge on any atom is 0.182 e. The van der Waals surface area contributed by atoms with Crippen molar-refractivity contribution in [3.8, 4) is 0 Å². The molecule has 0 atom stereocenters. The predicted octanol–water partition coefficient (Wildman–Crippen LogP) is -0.268. The predicted molar refractivity (Wildman–Crippen MR) is 65.8 cm³/mol. The molecule has 0 aromatic rings. The largest absolute Gasteiger partial charge is 0.375 e. The van der Waals surface area contributed by atoms with E-state index in [1.165, 1.54) is 0 Å². The van der Waals surface area contributed by atoms with E-state index in [1.807, 2.05) is 0 Å². The van der Waals surface area contributed by atoms with Crippen LogP contribution in [-0.2, 0) is 0 Å². The molecule has 0 spiro atoms. The standard InChI is InChI=1S/C10H20N4S/c1-9(2)5-7(12-13-8(11)15)6-10(3,4)14-9/h5,12,14H,6H2,1-4H3,(H3,11,13,15)/p+1. The maximum absolute atomic E-state index is 5.37. The van der Waals surface area contributed by atoms with Crippen molar-refractivity contribution in [3.05, 3.63) is 11.8 Å². The van der Waals surface area contributed by atoms with Gasteiger partial charge in [-0.3, -0.25) is 5.43 Å². The molecule has 0 bridgehead atoms. The lowest BCUT2D eigenvalue weighted by atomic mass is 9.87. The maximum atomic E-state index is 5.37. The highest BCUT2D eigenvalue weighted by molar-refractivity contribution is 7.80. The number of thiocarbonyl (C=S) groups is 1. The van der Waals surface area contributed by atoms with Crippen LogP contribution in [-0.4, -0.2) is 16.2 Å². The summed E-state index contributed by atoms with van der Waals surface area (Å²) in [5.41, 5.74) is 12.6. The average Bonchev–Trinajstić information content (AvgIpc) is 1.94. The van der Waals surface area contributed by atoms with Crippen LogP contribution in [0.2, 0.25) is 0 Å². The van der Waals surface area contributed by atoms with Crippen LogP contribution in [0.3, 0.4) is 0 Å². The molecule has 0 radical (unpaired) electrons. The quantitative estimate of drug-likeness (QED) is 0.389. The summed E-state index contributed by atoms with van der Waals surface area (Å²) >= 11 is 4.75. The molecule has 0 amide bonds. The lowest BCUT2D eigenvalue weighted by Crippen LogP contribution is -3.04. The second kappa shape index (κ2) is 3.98. The van der Waals surface area contributed by atoms with Crippen molar-refractivity contribution >= 4 is 17.3 Å².